The van der Waals surface area contributed by atoms with E-state index in [4.69, 9.17) is 16.3 Å². The van der Waals surface area contributed by atoms with Crippen LogP contribution in [0.3, 0.4) is 0 Å². The molecule has 0 saturated carbocycles. The third-order valence-electron chi connectivity index (χ3n) is 6.09. The van der Waals surface area contributed by atoms with Crippen LogP contribution in [0.4, 0.5) is 5.69 Å². The number of benzene rings is 3. The zero-order valence-electron chi connectivity index (χ0n) is 19.1. The average Bonchev–Trinajstić information content (AvgIpc) is 3.06. The number of methoxy groups -OCH3 is 1. The van der Waals surface area contributed by atoms with E-state index in [9.17, 15) is 4.79 Å². The number of hydrogen-bond donors (Lipinski definition) is 0. The number of amides is 1. The van der Waals surface area contributed by atoms with Crippen LogP contribution in [0.1, 0.15) is 25.0 Å². The number of para-hydroxylation sites is 1. The normalized spacial score (nSPS) is 14.2. The number of rotatable bonds is 5. The molecule has 5 rings (SSSR count). The zero-order valence-corrected chi connectivity index (χ0v) is 19.9. The molecule has 1 aromatic heterocycles. The van der Waals surface area contributed by atoms with Crippen LogP contribution < -0.4 is 9.64 Å². The fourth-order valence-corrected chi connectivity index (χ4v) is 4.47. The molecule has 170 valence electrons. The number of nitrogens with zero attached hydrogens (tertiary/aromatic N) is 4. The van der Waals surface area contributed by atoms with Crippen LogP contribution in [-0.4, -0.2) is 28.0 Å². The van der Waals surface area contributed by atoms with E-state index in [-0.39, 0.29) is 11.9 Å². The van der Waals surface area contributed by atoms with Crippen LogP contribution in [0.2, 0.25) is 5.02 Å². The van der Waals surface area contributed by atoms with Gasteiger partial charge >= 0.3 is 6.01 Å². The number of carbonyl (C=O) groups is 1. The van der Waals surface area contributed by atoms with Gasteiger partial charge in [-0.15, -0.1) is 0 Å². The number of hydrogen-bond acceptors (Lipinski definition) is 5. The largest absolute Gasteiger partial charge is 0.467 e. The van der Waals surface area contributed by atoms with Crippen LogP contribution in [0.15, 0.2) is 72.8 Å². The molecule has 6 nitrogen and oxygen atoms in total. The van der Waals surface area contributed by atoms with E-state index in [1.807, 2.05) is 91.5 Å². The van der Waals surface area contributed by atoms with E-state index in [0.717, 1.165) is 22.4 Å². The molecule has 0 atom stereocenters. The third-order valence-corrected chi connectivity index (χ3v) is 6.42. The summed E-state index contributed by atoms with van der Waals surface area (Å²) in [5.74, 6) is 0.971. The molecule has 0 bridgehead atoms. The minimum atomic E-state index is -0.571. The Bertz CT molecular complexity index is 1390. The maximum atomic E-state index is 13.2. The summed E-state index contributed by atoms with van der Waals surface area (Å²) >= 11 is 6.57. The Morgan fingerprint density at radius 1 is 0.912 bits per heavy atom. The molecule has 0 spiro atoms. The highest BCUT2D eigenvalue weighted by Gasteiger charge is 2.43. The lowest BCUT2D eigenvalue weighted by Gasteiger charge is -2.21. The molecule has 4 aromatic rings. The van der Waals surface area contributed by atoms with Gasteiger partial charge in [-0.1, -0.05) is 66.2 Å². The first-order valence-corrected chi connectivity index (χ1v) is 11.3. The number of halogens is 1. The lowest BCUT2D eigenvalue weighted by Crippen LogP contribution is -2.35. The maximum Gasteiger partial charge on any atom is 0.320 e. The molecule has 1 aliphatic heterocycles. The van der Waals surface area contributed by atoms with Crippen LogP contribution >= 0.6 is 11.6 Å². The van der Waals surface area contributed by atoms with Gasteiger partial charge in [0.1, 0.15) is 0 Å². The van der Waals surface area contributed by atoms with Crippen molar-refractivity contribution in [2.45, 2.75) is 25.8 Å². The van der Waals surface area contributed by atoms with Gasteiger partial charge in [0.15, 0.2) is 11.6 Å². The second-order valence-electron chi connectivity index (χ2n) is 8.68. The van der Waals surface area contributed by atoms with Crippen molar-refractivity contribution in [2.24, 2.45) is 0 Å². The first kappa shape index (κ1) is 22.0. The second-order valence-corrected chi connectivity index (χ2v) is 9.09. The summed E-state index contributed by atoms with van der Waals surface area (Å²) in [6.07, 6.45) is 0. The lowest BCUT2D eigenvalue weighted by atomic mass is 9.86. The first-order valence-electron chi connectivity index (χ1n) is 10.9. The van der Waals surface area contributed by atoms with Crippen molar-refractivity contribution >= 4 is 23.2 Å². The summed E-state index contributed by atoms with van der Waals surface area (Å²) < 4.78 is 5.33. The van der Waals surface area contributed by atoms with Crippen LogP contribution in [-0.2, 0) is 16.8 Å². The van der Waals surface area contributed by atoms with Gasteiger partial charge in [-0.3, -0.25) is 4.79 Å². The van der Waals surface area contributed by atoms with Gasteiger partial charge in [-0.05, 0) is 43.2 Å². The van der Waals surface area contributed by atoms with Crippen molar-refractivity contribution in [3.8, 4) is 28.8 Å². The molecule has 34 heavy (non-hydrogen) atoms. The molecule has 0 N–H and O–H groups in total. The Kier molecular flexibility index (Phi) is 5.54. The predicted molar refractivity (Wildman–Crippen MR) is 133 cm³/mol. The topological polar surface area (TPSA) is 68.2 Å². The summed E-state index contributed by atoms with van der Waals surface area (Å²) in [5, 5.41) is 0.504. The Morgan fingerprint density at radius 2 is 1.62 bits per heavy atom. The molecular formula is C27H23ClN4O2. The molecule has 1 amide bonds. The van der Waals surface area contributed by atoms with Gasteiger partial charge < -0.3 is 9.64 Å². The number of carbonyl (C=O) groups excluding carboxylic acids is 1. The Balaban J connectivity index is 1.54. The highest BCUT2D eigenvalue weighted by molar-refractivity contribution is 6.33. The average molecular weight is 471 g/mol. The van der Waals surface area contributed by atoms with Gasteiger partial charge in [0.25, 0.3) is 0 Å². The number of fused-ring (bicyclic) bond motifs is 1. The predicted octanol–water partition coefficient (Wildman–Crippen LogP) is 5.69. The van der Waals surface area contributed by atoms with E-state index < -0.39 is 5.41 Å². The molecular weight excluding hydrogens is 448 g/mol. The zero-order chi connectivity index (χ0) is 23.9. The highest BCUT2D eigenvalue weighted by Crippen LogP contribution is 2.42. The second kappa shape index (κ2) is 8.54. The molecule has 0 fully saturated rings. The number of anilines is 1. The maximum absolute atomic E-state index is 13.2. The Morgan fingerprint density at radius 3 is 2.38 bits per heavy atom. The first-order chi connectivity index (χ1) is 16.4. The monoisotopic (exact) mass is 470 g/mol. The van der Waals surface area contributed by atoms with E-state index in [1.165, 1.54) is 7.11 Å². The molecule has 0 aliphatic carbocycles. The van der Waals surface area contributed by atoms with Crippen molar-refractivity contribution in [1.29, 1.82) is 0 Å². The van der Waals surface area contributed by atoms with E-state index in [1.54, 1.807) is 0 Å². The van der Waals surface area contributed by atoms with E-state index in [0.29, 0.717) is 28.8 Å². The van der Waals surface area contributed by atoms with Gasteiger partial charge in [0.2, 0.25) is 5.91 Å². The standard InChI is InChI=1S/C27H23ClN4O2/c1-27(2)20-11-7-8-12-22(20)32(25(27)33)16-17-13-14-21(28)19(15-17)24-29-23(30-26(31-24)34-3)18-9-5-4-6-10-18/h4-15H,16H2,1-3H3. The van der Waals surface area contributed by atoms with Crippen molar-refractivity contribution in [2.75, 3.05) is 12.0 Å². The molecule has 1 aliphatic rings. The quantitative estimate of drug-likeness (QED) is 0.374. The summed E-state index contributed by atoms with van der Waals surface area (Å²) in [7, 11) is 1.52. The fraction of sp³-hybridized carbons (Fsp3) is 0.185. The molecule has 0 saturated heterocycles. The third kappa shape index (κ3) is 3.80. The smallest absolute Gasteiger partial charge is 0.320 e. The van der Waals surface area contributed by atoms with Crippen LogP contribution in [0.25, 0.3) is 22.8 Å². The molecule has 2 heterocycles. The highest BCUT2D eigenvalue weighted by atomic mass is 35.5. The minimum Gasteiger partial charge on any atom is -0.467 e. The molecule has 0 radical (unpaired) electrons. The van der Waals surface area contributed by atoms with Gasteiger partial charge in [0.05, 0.1) is 24.1 Å². The SMILES string of the molecule is COc1nc(-c2ccccc2)nc(-c2cc(CN3C(=O)C(C)(C)c4ccccc43)ccc2Cl)n1. The molecule has 0 unspecified atom stereocenters. The van der Waals surface area contributed by atoms with Crippen molar-refractivity contribution in [3.63, 3.8) is 0 Å². The minimum absolute atomic E-state index is 0.0680. The van der Waals surface area contributed by atoms with Crippen molar-refractivity contribution < 1.29 is 9.53 Å². The van der Waals surface area contributed by atoms with Crippen molar-refractivity contribution in [1.82, 2.24) is 15.0 Å². The summed E-state index contributed by atoms with van der Waals surface area (Å²) in [5.41, 5.74) is 3.80. The summed E-state index contributed by atoms with van der Waals surface area (Å²) in [6.45, 7) is 4.34. The van der Waals surface area contributed by atoms with Gasteiger partial charge in [-0.25, -0.2) is 4.98 Å². The summed E-state index contributed by atoms with van der Waals surface area (Å²) in [6, 6.07) is 23.4. The Labute approximate surface area is 203 Å². The van der Waals surface area contributed by atoms with E-state index in [2.05, 4.69) is 15.0 Å². The van der Waals surface area contributed by atoms with Gasteiger partial charge in [0, 0.05) is 16.8 Å². The van der Waals surface area contributed by atoms with Crippen LogP contribution in [0, 0.1) is 0 Å². The number of ether oxygens (including phenoxy) is 1. The van der Waals surface area contributed by atoms with E-state index >= 15 is 0 Å². The molecule has 3 aromatic carbocycles. The molecule has 7 heteroatoms. The lowest BCUT2D eigenvalue weighted by molar-refractivity contribution is -0.122. The van der Waals surface area contributed by atoms with Gasteiger partial charge in [-0.2, -0.15) is 9.97 Å². The van der Waals surface area contributed by atoms with Crippen molar-refractivity contribution in [3.05, 3.63) is 88.9 Å². The summed E-state index contributed by atoms with van der Waals surface area (Å²) in [4.78, 5) is 28.6. The fourth-order valence-electron chi connectivity index (χ4n) is 4.27. The van der Waals surface area contributed by atoms with Crippen LogP contribution in [0.5, 0.6) is 6.01 Å². The Hall–Kier alpha value is -3.77. The number of aromatic nitrogens is 3.